The fourth-order valence-electron chi connectivity index (χ4n) is 3.21. The van der Waals surface area contributed by atoms with Gasteiger partial charge < -0.3 is 10.1 Å². The van der Waals surface area contributed by atoms with E-state index >= 15 is 0 Å². The molecule has 0 heterocycles. The highest BCUT2D eigenvalue weighted by Crippen LogP contribution is 2.21. The van der Waals surface area contributed by atoms with E-state index in [-0.39, 0.29) is 18.9 Å². The third-order valence-corrected chi connectivity index (χ3v) is 6.03. The second-order valence-corrected chi connectivity index (χ2v) is 9.64. The van der Waals surface area contributed by atoms with Gasteiger partial charge in [0.15, 0.2) is 0 Å². The molecule has 0 fully saturated rings. The van der Waals surface area contributed by atoms with Gasteiger partial charge in [0.1, 0.15) is 12.4 Å². The Morgan fingerprint density at radius 2 is 1.67 bits per heavy atom. The molecule has 0 aliphatic rings. The monoisotopic (exact) mass is 432 g/mol. The second-order valence-electron chi connectivity index (χ2n) is 7.73. The summed E-state index contributed by atoms with van der Waals surface area (Å²) < 4.78 is 31.5. The predicted octanol–water partition coefficient (Wildman–Crippen LogP) is 3.66. The van der Waals surface area contributed by atoms with Crippen molar-refractivity contribution < 1.29 is 17.9 Å². The third-order valence-electron chi connectivity index (χ3n) is 4.83. The molecule has 0 aliphatic carbocycles. The summed E-state index contributed by atoms with van der Waals surface area (Å²) in [5.41, 5.74) is 5.03. The van der Waals surface area contributed by atoms with Gasteiger partial charge in [0.05, 0.1) is 18.5 Å². The summed E-state index contributed by atoms with van der Waals surface area (Å²) in [7, 11) is -3.42. The Balaban J connectivity index is 1.79. The summed E-state index contributed by atoms with van der Waals surface area (Å²) in [6.07, 6.45) is 1.87. The van der Waals surface area contributed by atoms with Crippen LogP contribution in [0.25, 0.3) is 0 Å². The maximum absolute atomic E-state index is 12.2. The molecule has 1 N–H and O–H groups in total. The summed E-state index contributed by atoms with van der Waals surface area (Å²) in [4.78, 5) is 12.1. The van der Waals surface area contributed by atoms with Gasteiger partial charge in [0.25, 0.3) is 0 Å². The minimum Gasteiger partial charge on any atom is -0.492 e. The number of nitrogens with zero attached hydrogens (tertiary/aromatic N) is 1. The first-order valence-corrected chi connectivity index (χ1v) is 11.9. The van der Waals surface area contributed by atoms with E-state index in [4.69, 9.17) is 4.74 Å². The average molecular weight is 433 g/mol. The second kappa shape index (κ2) is 10.5. The first-order valence-electron chi connectivity index (χ1n) is 10.1. The molecule has 0 saturated heterocycles. The lowest BCUT2D eigenvalue weighted by Crippen LogP contribution is -2.33. The molecule has 7 heteroatoms. The van der Waals surface area contributed by atoms with Gasteiger partial charge in [-0.25, -0.2) is 8.42 Å². The molecule has 1 amide bonds. The van der Waals surface area contributed by atoms with Crippen molar-refractivity contribution >= 4 is 21.6 Å². The minimum atomic E-state index is -3.42. The van der Waals surface area contributed by atoms with Crippen LogP contribution in [0.5, 0.6) is 5.75 Å². The topological polar surface area (TPSA) is 75.7 Å². The number of amides is 1. The largest absolute Gasteiger partial charge is 0.492 e. The Kier molecular flexibility index (Phi) is 8.29. The van der Waals surface area contributed by atoms with Gasteiger partial charge in [-0.05, 0) is 80.6 Å². The molecule has 0 atom stereocenters. The molecule has 0 radical (unpaired) electrons. The molecule has 2 aromatic carbocycles. The number of sulfonamides is 1. The molecular formula is C23H32N2O4S. The van der Waals surface area contributed by atoms with E-state index in [1.807, 2.05) is 52.0 Å². The number of aryl methyl sites for hydroxylation is 4. The van der Waals surface area contributed by atoms with E-state index in [1.54, 1.807) is 6.07 Å². The van der Waals surface area contributed by atoms with Crippen molar-refractivity contribution in [3.05, 3.63) is 58.7 Å². The highest BCUT2D eigenvalue weighted by Gasteiger charge is 2.18. The number of hydrogen-bond acceptors (Lipinski definition) is 4. The first kappa shape index (κ1) is 23.7. The first-order chi connectivity index (χ1) is 14.1. The molecule has 0 aromatic heterocycles. The van der Waals surface area contributed by atoms with Crippen LogP contribution in [-0.4, -0.2) is 40.3 Å². The van der Waals surface area contributed by atoms with Gasteiger partial charge in [0, 0.05) is 13.0 Å². The van der Waals surface area contributed by atoms with Crippen molar-refractivity contribution in [1.29, 1.82) is 0 Å². The number of benzene rings is 2. The Labute approximate surface area is 180 Å². The number of carbonyl (C=O) groups is 1. The van der Waals surface area contributed by atoms with Crippen molar-refractivity contribution in [3.63, 3.8) is 0 Å². The lowest BCUT2D eigenvalue weighted by molar-refractivity contribution is -0.121. The van der Waals surface area contributed by atoms with Gasteiger partial charge in [0.2, 0.25) is 15.9 Å². The van der Waals surface area contributed by atoms with Crippen LogP contribution in [0.3, 0.4) is 0 Å². The van der Waals surface area contributed by atoms with E-state index in [0.29, 0.717) is 25.3 Å². The molecule has 0 aliphatic heterocycles. The Morgan fingerprint density at radius 1 is 1.00 bits per heavy atom. The molecule has 0 spiro atoms. The van der Waals surface area contributed by atoms with E-state index in [2.05, 4.69) is 11.4 Å². The van der Waals surface area contributed by atoms with Crippen LogP contribution >= 0.6 is 0 Å². The molecule has 30 heavy (non-hydrogen) atoms. The van der Waals surface area contributed by atoms with Crippen LogP contribution in [0.4, 0.5) is 5.69 Å². The zero-order chi connectivity index (χ0) is 22.3. The number of rotatable bonds is 10. The zero-order valence-corrected chi connectivity index (χ0v) is 19.3. The number of carbonyl (C=O) groups excluding carboxylic acids is 1. The van der Waals surface area contributed by atoms with Gasteiger partial charge >= 0.3 is 0 Å². The van der Waals surface area contributed by atoms with Crippen molar-refractivity contribution in [2.45, 2.75) is 40.5 Å². The average Bonchev–Trinajstić information content (AvgIpc) is 2.63. The van der Waals surface area contributed by atoms with E-state index in [1.165, 1.54) is 10.6 Å². The molecule has 0 unspecified atom stereocenters. The quantitative estimate of drug-likeness (QED) is 0.582. The fraction of sp³-hybridized carbons (Fsp3) is 0.435. The molecule has 0 bridgehead atoms. The lowest BCUT2D eigenvalue weighted by atomic mass is 10.1. The van der Waals surface area contributed by atoms with E-state index in [9.17, 15) is 13.2 Å². The van der Waals surface area contributed by atoms with Crippen LogP contribution in [0.2, 0.25) is 0 Å². The van der Waals surface area contributed by atoms with Crippen LogP contribution in [0.15, 0.2) is 36.4 Å². The van der Waals surface area contributed by atoms with Crippen molar-refractivity contribution in [3.8, 4) is 5.75 Å². The van der Waals surface area contributed by atoms with Crippen LogP contribution in [0, 0.1) is 27.7 Å². The van der Waals surface area contributed by atoms with Crippen molar-refractivity contribution in [2.75, 3.05) is 30.3 Å². The Morgan fingerprint density at radius 3 is 2.27 bits per heavy atom. The predicted molar refractivity (Wildman–Crippen MR) is 122 cm³/mol. The lowest BCUT2D eigenvalue weighted by Gasteiger charge is -2.23. The molecule has 2 rings (SSSR count). The molecular weight excluding hydrogens is 400 g/mol. The maximum Gasteiger partial charge on any atom is 0.232 e. The molecule has 0 saturated carbocycles. The maximum atomic E-state index is 12.2. The van der Waals surface area contributed by atoms with Gasteiger partial charge in [-0.2, -0.15) is 0 Å². The normalized spacial score (nSPS) is 11.2. The Hall–Kier alpha value is -2.54. The van der Waals surface area contributed by atoms with Crippen LogP contribution in [-0.2, 0) is 14.8 Å². The van der Waals surface area contributed by atoms with Crippen molar-refractivity contribution in [2.24, 2.45) is 0 Å². The minimum absolute atomic E-state index is 0.118. The fourth-order valence-corrected chi connectivity index (χ4v) is 4.17. The van der Waals surface area contributed by atoms with E-state index in [0.717, 1.165) is 28.0 Å². The number of nitrogens with one attached hydrogen (secondary N) is 1. The van der Waals surface area contributed by atoms with Crippen LogP contribution < -0.4 is 14.4 Å². The van der Waals surface area contributed by atoms with Gasteiger partial charge in [-0.1, -0.05) is 12.1 Å². The molecule has 164 valence electrons. The number of hydrogen-bond donors (Lipinski definition) is 1. The highest BCUT2D eigenvalue weighted by atomic mass is 32.2. The highest BCUT2D eigenvalue weighted by molar-refractivity contribution is 7.92. The van der Waals surface area contributed by atoms with Gasteiger partial charge in [-0.15, -0.1) is 0 Å². The summed E-state index contributed by atoms with van der Waals surface area (Å²) in [5.74, 6) is 0.673. The molecule has 6 nitrogen and oxygen atoms in total. The van der Waals surface area contributed by atoms with Crippen molar-refractivity contribution in [1.82, 2.24) is 5.32 Å². The van der Waals surface area contributed by atoms with E-state index < -0.39 is 10.0 Å². The van der Waals surface area contributed by atoms with Crippen LogP contribution in [0.1, 0.15) is 35.1 Å². The standard InChI is InChI=1S/C23H32N2O4S/c1-17-13-18(2)15-22(14-17)29-12-10-24-23(26)7-6-11-25(30(5,27)28)21-9-8-19(3)20(4)16-21/h8-9,13-16H,6-7,10-12H2,1-5H3,(H,24,26). The zero-order valence-electron chi connectivity index (χ0n) is 18.5. The summed E-state index contributed by atoms with van der Waals surface area (Å²) in [6, 6.07) is 11.6. The smallest absolute Gasteiger partial charge is 0.232 e. The third kappa shape index (κ3) is 7.37. The summed E-state index contributed by atoms with van der Waals surface area (Å²) in [5, 5.41) is 2.82. The van der Waals surface area contributed by atoms with Gasteiger partial charge in [-0.3, -0.25) is 9.10 Å². The summed E-state index contributed by atoms with van der Waals surface area (Å²) >= 11 is 0. The summed E-state index contributed by atoms with van der Waals surface area (Å²) in [6.45, 7) is 9.00. The number of anilines is 1. The molecule has 2 aromatic rings. The SMILES string of the molecule is Cc1cc(C)cc(OCCNC(=O)CCCN(c2ccc(C)c(C)c2)S(C)(=O)=O)c1. The Bertz CT molecular complexity index is 966. The number of ether oxygens (including phenoxy) is 1.